The predicted molar refractivity (Wildman–Crippen MR) is 105 cm³/mol. The molecule has 2 aliphatic carbocycles. The molecule has 3 fully saturated rings. The first-order valence-electron chi connectivity index (χ1n) is 10.2. The molecule has 3 aliphatic rings. The van der Waals surface area contributed by atoms with E-state index in [0.29, 0.717) is 17.9 Å². The molecule has 1 aromatic rings. The Balaban J connectivity index is 1.46. The van der Waals surface area contributed by atoms with Gasteiger partial charge in [-0.15, -0.1) is 0 Å². The van der Waals surface area contributed by atoms with Gasteiger partial charge in [0, 0.05) is 6.04 Å². The Labute approximate surface area is 170 Å². The number of carbonyl (C=O) groups is 3. The van der Waals surface area contributed by atoms with Crippen LogP contribution in [0.3, 0.4) is 0 Å². The zero-order valence-electron chi connectivity index (χ0n) is 17.4. The molecule has 1 N–H and O–H groups in total. The van der Waals surface area contributed by atoms with Crippen LogP contribution in [-0.4, -0.2) is 47.7 Å². The molecule has 0 aromatic heterocycles. The lowest BCUT2D eigenvalue weighted by molar-refractivity contribution is -0.127. The van der Waals surface area contributed by atoms with Crippen molar-refractivity contribution < 1.29 is 23.9 Å². The predicted octanol–water partition coefficient (Wildman–Crippen LogP) is 2.98. The van der Waals surface area contributed by atoms with Gasteiger partial charge < -0.3 is 14.8 Å². The van der Waals surface area contributed by atoms with Crippen molar-refractivity contribution in [3.05, 3.63) is 35.4 Å². The Hall–Kier alpha value is -2.57. The summed E-state index contributed by atoms with van der Waals surface area (Å²) in [6.45, 7) is 5.49. The van der Waals surface area contributed by atoms with Crippen molar-refractivity contribution >= 4 is 18.0 Å². The molecule has 2 amide bonds. The van der Waals surface area contributed by atoms with Crippen LogP contribution in [0, 0.1) is 5.92 Å². The average Bonchev–Trinajstić information content (AvgIpc) is 3.58. The highest BCUT2D eigenvalue weighted by Gasteiger charge is 2.58. The monoisotopic (exact) mass is 400 g/mol. The van der Waals surface area contributed by atoms with Crippen molar-refractivity contribution in [1.82, 2.24) is 10.2 Å². The van der Waals surface area contributed by atoms with Gasteiger partial charge in [-0.05, 0) is 70.1 Å². The number of hydrogen-bond acceptors (Lipinski definition) is 5. The zero-order chi connectivity index (χ0) is 21.0. The number of likely N-dealkylation sites (tertiary alicyclic amines) is 1. The molecule has 0 unspecified atom stereocenters. The van der Waals surface area contributed by atoms with Crippen LogP contribution in [0.5, 0.6) is 0 Å². The first kappa shape index (κ1) is 19.7. The Morgan fingerprint density at radius 2 is 1.76 bits per heavy atom. The summed E-state index contributed by atoms with van der Waals surface area (Å²) in [7, 11) is 1.35. The second-order valence-corrected chi connectivity index (χ2v) is 9.34. The number of amides is 2. The molecule has 0 bridgehead atoms. The van der Waals surface area contributed by atoms with Crippen LogP contribution >= 0.6 is 0 Å². The molecule has 7 nitrogen and oxygen atoms in total. The number of methoxy groups -OCH3 is 1. The van der Waals surface area contributed by atoms with Crippen LogP contribution < -0.4 is 5.32 Å². The van der Waals surface area contributed by atoms with Gasteiger partial charge in [0.25, 0.3) is 0 Å². The van der Waals surface area contributed by atoms with Crippen LogP contribution in [0.15, 0.2) is 24.3 Å². The summed E-state index contributed by atoms with van der Waals surface area (Å²) in [5, 5.41) is 3.17. The second-order valence-electron chi connectivity index (χ2n) is 9.34. The summed E-state index contributed by atoms with van der Waals surface area (Å²) in [6, 6.07) is 6.78. The Morgan fingerprint density at radius 3 is 2.31 bits per heavy atom. The molecule has 4 rings (SSSR count). The summed E-state index contributed by atoms with van der Waals surface area (Å²) < 4.78 is 10.3. The topological polar surface area (TPSA) is 84.9 Å². The Kier molecular flexibility index (Phi) is 4.59. The molecule has 7 heteroatoms. The first-order chi connectivity index (χ1) is 13.6. The first-order valence-corrected chi connectivity index (χ1v) is 10.2. The molecule has 3 atom stereocenters. The third-order valence-electron chi connectivity index (χ3n) is 5.98. The minimum atomic E-state index is -0.593. The van der Waals surface area contributed by atoms with E-state index in [1.54, 1.807) is 17.0 Å². The fourth-order valence-corrected chi connectivity index (χ4v) is 4.24. The van der Waals surface area contributed by atoms with E-state index in [1.807, 2.05) is 32.9 Å². The number of nitrogens with one attached hydrogen (secondary N) is 1. The van der Waals surface area contributed by atoms with Gasteiger partial charge in [-0.25, -0.2) is 9.59 Å². The largest absolute Gasteiger partial charge is 0.465 e. The number of fused-ring (bicyclic) bond motifs is 1. The van der Waals surface area contributed by atoms with Gasteiger partial charge in [0.05, 0.1) is 18.2 Å². The molecule has 1 aliphatic heterocycles. The van der Waals surface area contributed by atoms with Crippen molar-refractivity contribution in [2.24, 2.45) is 5.92 Å². The molecule has 1 aromatic carbocycles. The Bertz CT molecular complexity index is 838. The molecular formula is C22H28N2O5. The van der Waals surface area contributed by atoms with E-state index in [-0.39, 0.29) is 17.9 Å². The van der Waals surface area contributed by atoms with Crippen LogP contribution in [0.1, 0.15) is 62.4 Å². The average molecular weight is 400 g/mol. The number of carbonyl (C=O) groups excluding carboxylic acids is 3. The summed E-state index contributed by atoms with van der Waals surface area (Å²) in [5.41, 5.74) is 0.429. The molecule has 1 saturated heterocycles. The minimum Gasteiger partial charge on any atom is -0.465 e. The molecule has 1 heterocycles. The highest BCUT2D eigenvalue weighted by Crippen LogP contribution is 2.50. The fourth-order valence-electron chi connectivity index (χ4n) is 4.24. The summed E-state index contributed by atoms with van der Waals surface area (Å²) >= 11 is 0. The van der Waals surface area contributed by atoms with Crippen molar-refractivity contribution in [2.45, 2.75) is 69.7 Å². The summed E-state index contributed by atoms with van der Waals surface area (Å²) in [6.07, 6.45) is 2.90. The highest BCUT2D eigenvalue weighted by molar-refractivity contribution is 5.90. The number of ether oxygens (including phenoxy) is 2. The van der Waals surface area contributed by atoms with Gasteiger partial charge in [0.2, 0.25) is 5.91 Å². The van der Waals surface area contributed by atoms with E-state index in [0.717, 1.165) is 24.8 Å². The molecule has 29 heavy (non-hydrogen) atoms. The lowest BCUT2D eigenvalue weighted by Crippen LogP contribution is -2.51. The van der Waals surface area contributed by atoms with E-state index < -0.39 is 23.3 Å². The van der Waals surface area contributed by atoms with Crippen molar-refractivity contribution in [2.75, 3.05) is 7.11 Å². The lowest BCUT2D eigenvalue weighted by atomic mass is 10.0. The maximum absolute atomic E-state index is 13.1. The van der Waals surface area contributed by atoms with Crippen molar-refractivity contribution in [1.29, 1.82) is 0 Å². The van der Waals surface area contributed by atoms with E-state index in [9.17, 15) is 14.4 Å². The van der Waals surface area contributed by atoms with Crippen LogP contribution in [0.2, 0.25) is 0 Å². The number of esters is 1. The minimum absolute atomic E-state index is 0.120. The summed E-state index contributed by atoms with van der Waals surface area (Å²) in [5.74, 6) is -0.117. The van der Waals surface area contributed by atoms with E-state index in [4.69, 9.17) is 9.47 Å². The summed E-state index contributed by atoms with van der Waals surface area (Å²) in [4.78, 5) is 39.1. The number of nitrogens with zero attached hydrogens (tertiary/aromatic N) is 1. The molecule has 2 saturated carbocycles. The van der Waals surface area contributed by atoms with Crippen LogP contribution in [0.4, 0.5) is 4.79 Å². The normalized spacial score (nSPS) is 26.3. The maximum atomic E-state index is 13.1. The second kappa shape index (κ2) is 6.75. The van der Waals surface area contributed by atoms with Crippen LogP contribution in [0.25, 0.3) is 0 Å². The van der Waals surface area contributed by atoms with Gasteiger partial charge in [-0.1, -0.05) is 12.1 Å². The van der Waals surface area contributed by atoms with E-state index >= 15 is 0 Å². The molecule has 156 valence electrons. The third-order valence-corrected chi connectivity index (χ3v) is 5.98. The fraction of sp³-hybridized carbons (Fsp3) is 0.591. The van der Waals surface area contributed by atoms with Crippen molar-refractivity contribution in [3.63, 3.8) is 0 Å². The maximum Gasteiger partial charge on any atom is 0.411 e. The van der Waals surface area contributed by atoms with Gasteiger partial charge >= 0.3 is 12.1 Å². The number of hydrogen-bond donors (Lipinski definition) is 1. The van der Waals surface area contributed by atoms with Gasteiger partial charge in [-0.3, -0.25) is 9.69 Å². The van der Waals surface area contributed by atoms with Gasteiger partial charge in [0.1, 0.15) is 11.6 Å². The number of piperidine rings is 1. The standard InChI is InChI=1S/C22H28N2O5/c1-21(2,3)29-20(27)24-16-11-14(16)12-17(24)18(25)23-22(9-10-22)15-7-5-13(6-8-15)19(26)28-4/h5-8,14,16-17H,9-12H2,1-4H3,(H,23,25)/t14-,16-,17+/m0/s1. The molecule has 0 spiro atoms. The highest BCUT2D eigenvalue weighted by atomic mass is 16.6. The lowest BCUT2D eigenvalue weighted by Gasteiger charge is -2.31. The number of benzene rings is 1. The van der Waals surface area contributed by atoms with Gasteiger partial charge in [0.15, 0.2) is 0 Å². The van der Waals surface area contributed by atoms with Crippen LogP contribution in [-0.2, 0) is 19.8 Å². The third kappa shape index (κ3) is 3.82. The smallest absolute Gasteiger partial charge is 0.411 e. The molecular weight excluding hydrogens is 372 g/mol. The van der Waals surface area contributed by atoms with Crippen molar-refractivity contribution in [3.8, 4) is 0 Å². The zero-order valence-corrected chi connectivity index (χ0v) is 17.4. The van der Waals surface area contributed by atoms with E-state index in [2.05, 4.69) is 5.32 Å². The molecule has 0 radical (unpaired) electrons. The quantitative estimate of drug-likeness (QED) is 0.786. The number of rotatable bonds is 4. The van der Waals surface area contributed by atoms with E-state index in [1.165, 1.54) is 7.11 Å². The Morgan fingerprint density at radius 1 is 1.10 bits per heavy atom. The SMILES string of the molecule is COC(=O)c1ccc(C2(NC(=O)[C@H]3C[C@@H]4C[C@@H]4N3C(=O)OC(C)(C)C)CC2)cc1. The van der Waals surface area contributed by atoms with Gasteiger partial charge in [-0.2, -0.15) is 0 Å².